The Hall–Kier alpha value is -0.365. The van der Waals surface area contributed by atoms with Gasteiger partial charge in [0.05, 0.1) is 17.0 Å². The van der Waals surface area contributed by atoms with Gasteiger partial charge >= 0.3 is 0 Å². The summed E-state index contributed by atoms with van der Waals surface area (Å²) in [7, 11) is -1.17. The zero-order valence-electron chi connectivity index (χ0n) is 18.0. The van der Waals surface area contributed by atoms with E-state index >= 15 is 0 Å². The van der Waals surface area contributed by atoms with Gasteiger partial charge in [0, 0.05) is 25.3 Å². The van der Waals surface area contributed by atoms with E-state index in [0.29, 0.717) is 31.6 Å². The highest BCUT2D eigenvalue weighted by Crippen LogP contribution is 2.49. The topological polar surface area (TPSA) is 75.6 Å². The predicted molar refractivity (Wildman–Crippen MR) is 114 cm³/mol. The first kappa shape index (κ1) is 24.7. The van der Waals surface area contributed by atoms with Gasteiger partial charge in [0.25, 0.3) is 7.48 Å². The summed E-state index contributed by atoms with van der Waals surface area (Å²) in [6, 6.07) is 0. The number of hydrogen-bond donors (Lipinski definition) is 2. The molecule has 1 aliphatic rings. The van der Waals surface area contributed by atoms with Crippen molar-refractivity contribution in [3.63, 3.8) is 0 Å². The van der Waals surface area contributed by atoms with Crippen LogP contribution in [0.25, 0.3) is 0 Å². The summed E-state index contributed by atoms with van der Waals surface area (Å²) in [6.45, 7) is 13.5. The minimum atomic E-state index is -2.93. The number of rotatable bonds is 13. The lowest BCUT2D eigenvalue weighted by atomic mass is 9.83. The van der Waals surface area contributed by atoms with E-state index in [1.165, 1.54) is 0 Å². The third kappa shape index (κ3) is 9.59. The lowest BCUT2D eigenvalue weighted by Gasteiger charge is -2.24. The molecule has 0 aromatic rings. The van der Waals surface area contributed by atoms with Crippen LogP contribution >= 0.6 is 0 Å². The van der Waals surface area contributed by atoms with Crippen LogP contribution in [-0.4, -0.2) is 56.8 Å². The molecule has 7 heteroatoms. The number of hydrogen-bond acceptors (Lipinski definition) is 5. The average Bonchev–Trinajstić information content (AvgIpc) is 2.99. The molecule has 2 N–H and O–H groups in total. The van der Waals surface area contributed by atoms with Crippen LogP contribution in [0.4, 0.5) is 0 Å². The second-order valence-corrected chi connectivity index (χ2v) is 11.8. The Bertz CT molecular complexity index is 583. The lowest BCUT2D eigenvalue weighted by molar-refractivity contribution is 0.0627. The molecule has 0 aromatic carbocycles. The second kappa shape index (κ2) is 9.90. The molecule has 27 heavy (non-hydrogen) atoms. The molecule has 3 atom stereocenters. The Morgan fingerprint density at radius 2 is 1.93 bits per heavy atom. The molecule has 157 valence electrons. The highest BCUT2D eigenvalue weighted by atomic mass is 32.2. The molecule has 0 saturated heterocycles. The lowest BCUT2D eigenvalue weighted by Crippen LogP contribution is -2.30. The fraction of sp³-hybridized carbons (Fsp3) is 0.900. The number of nitrogens with one attached hydrogen (secondary N) is 1. The van der Waals surface area contributed by atoms with Crippen LogP contribution in [0.3, 0.4) is 0 Å². The van der Waals surface area contributed by atoms with Crippen molar-refractivity contribution in [2.45, 2.75) is 78.3 Å². The highest BCUT2D eigenvalue weighted by Gasteiger charge is 2.61. The zero-order valence-corrected chi connectivity index (χ0v) is 18.9. The maximum absolute atomic E-state index is 11.8. The molecule has 0 bridgehead atoms. The molecule has 0 heterocycles. The van der Waals surface area contributed by atoms with E-state index in [1.54, 1.807) is 14.4 Å². The first-order valence-corrected chi connectivity index (χ1v) is 11.9. The summed E-state index contributed by atoms with van der Waals surface area (Å²) in [5.74, 6) is 0.807. The van der Waals surface area contributed by atoms with Gasteiger partial charge in [-0.3, -0.25) is 0 Å². The molecule has 1 aliphatic carbocycles. The molecule has 1 saturated carbocycles. The molecular formula is C20H39BNO4S. The van der Waals surface area contributed by atoms with Gasteiger partial charge in [-0.1, -0.05) is 39.8 Å². The van der Waals surface area contributed by atoms with E-state index in [9.17, 15) is 13.5 Å². The van der Waals surface area contributed by atoms with Crippen molar-refractivity contribution in [3.05, 3.63) is 12.2 Å². The fourth-order valence-corrected chi connectivity index (χ4v) is 4.54. The van der Waals surface area contributed by atoms with E-state index in [4.69, 9.17) is 4.65 Å². The largest absolute Gasteiger partial charge is 0.432 e. The van der Waals surface area contributed by atoms with Crippen LogP contribution in [0.1, 0.15) is 60.8 Å². The summed E-state index contributed by atoms with van der Waals surface area (Å²) in [5, 5.41) is 13.2. The predicted octanol–water partition coefficient (Wildman–Crippen LogP) is 2.98. The molecule has 0 aliphatic heterocycles. The zero-order chi connectivity index (χ0) is 20.8. The van der Waals surface area contributed by atoms with Crippen LogP contribution in [-0.2, 0) is 14.5 Å². The molecule has 5 nitrogen and oxygen atoms in total. The summed E-state index contributed by atoms with van der Waals surface area (Å²) in [5.41, 5.74) is -0.966. The van der Waals surface area contributed by atoms with E-state index in [0.717, 1.165) is 13.0 Å². The third-order valence-electron chi connectivity index (χ3n) is 5.07. The Balaban J connectivity index is 2.38. The van der Waals surface area contributed by atoms with Crippen molar-refractivity contribution in [2.24, 2.45) is 11.3 Å². The van der Waals surface area contributed by atoms with Crippen LogP contribution in [0, 0.1) is 11.3 Å². The number of aliphatic hydroxyl groups is 1. The molecular weight excluding hydrogens is 361 g/mol. The molecule has 0 spiro atoms. The van der Waals surface area contributed by atoms with Gasteiger partial charge in [0.15, 0.2) is 9.84 Å². The van der Waals surface area contributed by atoms with Crippen molar-refractivity contribution in [2.75, 3.05) is 24.6 Å². The standard InChI is InChI=1S/C20H39BNO4S/c1-7-12-27(24,25)13-11-22-15-17(14-18(2,3)4)9-8-10-21-26-20(6)16-19(20,5)23/h8-9,17,22-23H,7,10-16H2,1-6H3/b9-8-/t17-,19+,20?/m0/s1. The Morgan fingerprint density at radius 1 is 1.30 bits per heavy atom. The minimum Gasteiger partial charge on any atom is -0.432 e. The summed E-state index contributed by atoms with van der Waals surface area (Å²) in [6.07, 6.45) is 7.32. The van der Waals surface area contributed by atoms with Crippen LogP contribution < -0.4 is 5.32 Å². The molecule has 1 radical (unpaired) electrons. The number of sulfone groups is 1. The first-order valence-electron chi connectivity index (χ1n) is 10.1. The summed E-state index contributed by atoms with van der Waals surface area (Å²) in [4.78, 5) is 0. The van der Waals surface area contributed by atoms with Gasteiger partial charge in [0.2, 0.25) is 0 Å². The minimum absolute atomic E-state index is 0.200. The fourth-order valence-electron chi connectivity index (χ4n) is 3.26. The summed E-state index contributed by atoms with van der Waals surface area (Å²) >= 11 is 0. The van der Waals surface area contributed by atoms with Gasteiger partial charge in [-0.2, -0.15) is 0 Å². The normalized spacial score (nSPS) is 27.1. The third-order valence-corrected chi connectivity index (χ3v) is 6.92. The molecule has 0 amide bonds. The van der Waals surface area contributed by atoms with Crippen LogP contribution in [0.15, 0.2) is 12.2 Å². The molecule has 1 fully saturated rings. The molecule has 0 aromatic heterocycles. The van der Waals surface area contributed by atoms with E-state index in [2.05, 4.69) is 38.2 Å². The van der Waals surface area contributed by atoms with Crippen molar-refractivity contribution < 1.29 is 18.2 Å². The Kier molecular flexibility index (Phi) is 9.05. The SMILES string of the molecule is CCCS(=O)(=O)CCNC[C@@H](/C=C\C[B]OC1(C)C[C@@]1(C)O)CC(C)(C)C. The second-order valence-electron chi connectivity index (χ2n) is 9.51. The van der Waals surface area contributed by atoms with Crippen molar-refractivity contribution in [3.8, 4) is 0 Å². The maximum atomic E-state index is 11.8. The summed E-state index contributed by atoms with van der Waals surface area (Å²) < 4.78 is 29.3. The van der Waals surface area contributed by atoms with E-state index < -0.39 is 21.0 Å². The van der Waals surface area contributed by atoms with Crippen molar-refractivity contribution in [1.29, 1.82) is 0 Å². The highest BCUT2D eigenvalue weighted by molar-refractivity contribution is 7.91. The molecule has 1 unspecified atom stereocenters. The van der Waals surface area contributed by atoms with Gasteiger partial charge in [-0.25, -0.2) is 8.42 Å². The van der Waals surface area contributed by atoms with Gasteiger partial charge in [-0.15, -0.1) is 0 Å². The van der Waals surface area contributed by atoms with Gasteiger partial charge in [-0.05, 0) is 44.3 Å². The Labute approximate surface area is 167 Å². The smallest absolute Gasteiger partial charge is 0.297 e. The first-order chi connectivity index (χ1) is 12.3. The maximum Gasteiger partial charge on any atom is 0.297 e. The van der Waals surface area contributed by atoms with Crippen molar-refractivity contribution in [1.82, 2.24) is 5.32 Å². The van der Waals surface area contributed by atoms with Crippen LogP contribution in [0.5, 0.6) is 0 Å². The van der Waals surface area contributed by atoms with Crippen LogP contribution in [0.2, 0.25) is 6.32 Å². The Morgan fingerprint density at radius 3 is 2.44 bits per heavy atom. The average molecular weight is 400 g/mol. The van der Waals surface area contributed by atoms with Gasteiger partial charge in [0.1, 0.15) is 0 Å². The monoisotopic (exact) mass is 400 g/mol. The quantitative estimate of drug-likeness (QED) is 0.282. The number of allylic oxidation sites excluding steroid dienone is 1. The molecule has 1 rings (SSSR count). The van der Waals surface area contributed by atoms with E-state index in [1.807, 2.05) is 13.8 Å². The van der Waals surface area contributed by atoms with Crippen molar-refractivity contribution >= 4 is 17.3 Å². The van der Waals surface area contributed by atoms with E-state index in [-0.39, 0.29) is 16.9 Å². The van der Waals surface area contributed by atoms with Gasteiger partial charge < -0.3 is 15.1 Å².